The number of rotatable bonds is 22. The van der Waals surface area contributed by atoms with E-state index in [1.165, 1.54) is 81.9 Å². The molecule has 0 fully saturated rings. The second-order valence-electron chi connectivity index (χ2n) is 9.23. The van der Waals surface area contributed by atoms with E-state index >= 15 is 0 Å². The number of esters is 1. The molecule has 1 unspecified atom stereocenters. The van der Waals surface area contributed by atoms with Crippen LogP contribution in [-0.4, -0.2) is 43.3 Å². The van der Waals surface area contributed by atoms with Crippen LogP contribution in [0.1, 0.15) is 136 Å². The monoisotopic (exact) mass is 455 g/mol. The van der Waals surface area contributed by atoms with E-state index < -0.39 is 12.1 Å². The maximum absolute atomic E-state index is 12.2. The summed E-state index contributed by atoms with van der Waals surface area (Å²) < 4.78 is 10.6. The first-order valence-corrected chi connectivity index (χ1v) is 13.6. The Morgan fingerprint density at radius 2 is 0.938 bits per heavy atom. The summed E-state index contributed by atoms with van der Waals surface area (Å²) in [5.41, 5.74) is 0. The molecule has 0 saturated heterocycles. The van der Waals surface area contributed by atoms with Crippen LogP contribution < -0.4 is 0 Å². The number of carbonyl (C=O) groups excluding carboxylic acids is 2. The SMILES string of the molecule is CCCCCCCCCCCCCCCCOC(=O)C(C)N(C)C(=O)OCCCCCC. The molecule has 0 aromatic rings. The lowest BCUT2D eigenvalue weighted by molar-refractivity contribution is -0.148. The van der Waals surface area contributed by atoms with Gasteiger partial charge in [0.25, 0.3) is 0 Å². The molecule has 190 valence electrons. The molecular formula is C27H53NO4. The molecule has 5 heteroatoms. The molecule has 0 aliphatic rings. The average Bonchev–Trinajstić information content (AvgIpc) is 2.80. The van der Waals surface area contributed by atoms with Gasteiger partial charge in [0, 0.05) is 7.05 Å². The zero-order valence-corrected chi connectivity index (χ0v) is 21.8. The molecule has 32 heavy (non-hydrogen) atoms. The summed E-state index contributed by atoms with van der Waals surface area (Å²) in [5.74, 6) is -0.356. The summed E-state index contributed by atoms with van der Waals surface area (Å²) in [6.07, 6.45) is 22.0. The minimum absolute atomic E-state index is 0.356. The van der Waals surface area contributed by atoms with Crippen molar-refractivity contribution >= 4 is 12.1 Å². The van der Waals surface area contributed by atoms with Gasteiger partial charge < -0.3 is 9.47 Å². The molecule has 0 radical (unpaired) electrons. The van der Waals surface area contributed by atoms with Gasteiger partial charge in [0.1, 0.15) is 6.04 Å². The van der Waals surface area contributed by atoms with Crippen LogP contribution in [0.5, 0.6) is 0 Å². The van der Waals surface area contributed by atoms with Crippen molar-refractivity contribution in [1.82, 2.24) is 4.90 Å². The molecule has 0 N–H and O–H groups in total. The summed E-state index contributed by atoms with van der Waals surface area (Å²) in [5, 5.41) is 0. The molecule has 0 spiro atoms. The van der Waals surface area contributed by atoms with Gasteiger partial charge >= 0.3 is 12.1 Å². The van der Waals surface area contributed by atoms with E-state index in [2.05, 4.69) is 13.8 Å². The normalized spacial score (nSPS) is 11.9. The highest BCUT2D eigenvalue weighted by atomic mass is 16.6. The summed E-state index contributed by atoms with van der Waals surface area (Å²) in [4.78, 5) is 25.5. The predicted octanol–water partition coefficient (Wildman–Crippen LogP) is 8.05. The average molecular weight is 456 g/mol. The molecule has 0 aliphatic carbocycles. The van der Waals surface area contributed by atoms with E-state index in [0.717, 1.165) is 38.5 Å². The minimum Gasteiger partial charge on any atom is -0.464 e. The van der Waals surface area contributed by atoms with Crippen LogP contribution in [0.15, 0.2) is 0 Å². The van der Waals surface area contributed by atoms with Gasteiger partial charge in [0.2, 0.25) is 0 Å². The number of hydrogen-bond acceptors (Lipinski definition) is 4. The summed E-state index contributed by atoms with van der Waals surface area (Å²) in [7, 11) is 1.59. The Kier molecular flexibility index (Phi) is 22.0. The first-order valence-electron chi connectivity index (χ1n) is 13.6. The standard InChI is InChI=1S/C27H53NO4/c1-5-7-9-11-12-13-14-15-16-17-18-19-20-22-23-31-26(29)25(3)28(4)27(30)32-24-21-10-8-6-2/h25H,5-24H2,1-4H3. The van der Waals surface area contributed by atoms with Gasteiger partial charge in [-0.25, -0.2) is 9.59 Å². The number of hydrogen-bond donors (Lipinski definition) is 0. The van der Waals surface area contributed by atoms with Crippen LogP contribution in [0.2, 0.25) is 0 Å². The molecule has 0 saturated carbocycles. The lowest BCUT2D eigenvalue weighted by Gasteiger charge is -2.22. The quantitative estimate of drug-likeness (QED) is 0.122. The van der Waals surface area contributed by atoms with Crippen LogP contribution in [0.4, 0.5) is 4.79 Å². The predicted molar refractivity (Wildman–Crippen MR) is 134 cm³/mol. The summed E-state index contributed by atoms with van der Waals surface area (Å²) >= 11 is 0. The van der Waals surface area contributed by atoms with Gasteiger partial charge in [-0.1, -0.05) is 117 Å². The largest absolute Gasteiger partial charge is 0.464 e. The number of carbonyl (C=O) groups is 2. The highest BCUT2D eigenvalue weighted by molar-refractivity contribution is 5.80. The van der Waals surface area contributed by atoms with E-state index in [-0.39, 0.29) is 5.97 Å². The van der Waals surface area contributed by atoms with E-state index in [1.54, 1.807) is 14.0 Å². The van der Waals surface area contributed by atoms with Crippen molar-refractivity contribution in [3.63, 3.8) is 0 Å². The third-order valence-corrected chi connectivity index (χ3v) is 6.18. The highest BCUT2D eigenvalue weighted by Crippen LogP contribution is 2.13. The molecule has 1 amide bonds. The number of amides is 1. The Morgan fingerprint density at radius 1 is 0.594 bits per heavy atom. The van der Waals surface area contributed by atoms with Crippen LogP contribution in [0, 0.1) is 0 Å². The fourth-order valence-corrected chi connectivity index (χ4v) is 3.70. The van der Waals surface area contributed by atoms with Crippen molar-refractivity contribution in [3.05, 3.63) is 0 Å². The molecule has 0 aromatic carbocycles. The van der Waals surface area contributed by atoms with Gasteiger partial charge in [-0.15, -0.1) is 0 Å². The molecular weight excluding hydrogens is 402 g/mol. The Labute approximate surface area is 199 Å². The summed E-state index contributed by atoms with van der Waals surface area (Å²) in [6, 6.07) is -0.621. The van der Waals surface area contributed by atoms with E-state index in [9.17, 15) is 9.59 Å². The van der Waals surface area contributed by atoms with Gasteiger partial charge in [-0.3, -0.25) is 4.90 Å². The van der Waals surface area contributed by atoms with Crippen LogP contribution in [-0.2, 0) is 14.3 Å². The Bertz CT molecular complexity index is 441. The first-order chi connectivity index (χ1) is 15.5. The minimum atomic E-state index is -0.621. The highest BCUT2D eigenvalue weighted by Gasteiger charge is 2.24. The van der Waals surface area contributed by atoms with Crippen LogP contribution in [0.3, 0.4) is 0 Å². The lowest BCUT2D eigenvalue weighted by atomic mass is 10.0. The van der Waals surface area contributed by atoms with E-state index in [1.807, 2.05) is 0 Å². The Hall–Kier alpha value is -1.26. The van der Waals surface area contributed by atoms with Gasteiger partial charge in [-0.2, -0.15) is 0 Å². The number of unbranched alkanes of at least 4 members (excludes halogenated alkanes) is 16. The zero-order valence-electron chi connectivity index (χ0n) is 21.8. The van der Waals surface area contributed by atoms with Crippen molar-refractivity contribution in [2.24, 2.45) is 0 Å². The lowest BCUT2D eigenvalue weighted by Crippen LogP contribution is -2.41. The third-order valence-electron chi connectivity index (χ3n) is 6.18. The third kappa shape index (κ3) is 18.3. The Balaban J connectivity index is 3.54. The number of likely N-dealkylation sites (N-methyl/N-ethyl adjacent to an activating group) is 1. The molecule has 5 nitrogen and oxygen atoms in total. The molecule has 0 aromatic heterocycles. The topological polar surface area (TPSA) is 55.8 Å². The molecule has 0 aliphatic heterocycles. The van der Waals surface area contributed by atoms with Gasteiger partial charge in [0.05, 0.1) is 13.2 Å². The summed E-state index contributed by atoms with van der Waals surface area (Å²) in [6.45, 7) is 6.94. The fourth-order valence-electron chi connectivity index (χ4n) is 3.70. The zero-order chi connectivity index (χ0) is 23.9. The first kappa shape index (κ1) is 30.7. The van der Waals surface area contributed by atoms with Crippen LogP contribution in [0.25, 0.3) is 0 Å². The molecule has 0 bridgehead atoms. The molecule has 1 atom stereocenters. The van der Waals surface area contributed by atoms with Gasteiger partial charge in [0.15, 0.2) is 0 Å². The maximum Gasteiger partial charge on any atom is 0.410 e. The maximum atomic E-state index is 12.2. The van der Waals surface area contributed by atoms with Crippen molar-refractivity contribution in [3.8, 4) is 0 Å². The van der Waals surface area contributed by atoms with Crippen molar-refractivity contribution < 1.29 is 19.1 Å². The number of nitrogens with zero attached hydrogens (tertiary/aromatic N) is 1. The smallest absolute Gasteiger partial charge is 0.410 e. The Morgan fingerprint density at radius 3 is 1.38 bits per heavy atom. The van der Waals surface area contributed by atoms with Crippen LogP contribution >= 0.6 is 0 Å². The van der Waals surface area contributed by atoms with Crippen molar-refractivity contribution in [1.29, 1.82) is 0 Å². The van der Waals surface area contributed by atoms with Gasteiger partial charge in [-0.05, 0) is 19.8 Å². The van der Waals surface area contributed by atoms with E-state index in [4.69, 9.17) is 9.47 Å². The molecule has 0 rings (SSSR count). The second kappa shape index (κ2) is 22.9. The van der Waals surface area contributed by atoms with E-state index in [0.29, 0.717) is 13.2 Å². The number of ether oxygens (including phenoxy) is 2. The second-order valence-corrected chi connectivity index (χ2v) is 9.23. The fraction of sp³-hybridized carbons (Fsp3) is 0.926. The van der Waals surface area contributed by atoms with Crippen molar-refractivity contribution in [2.45, 2.75) is 142 Å². The van der Waals surface area contributed by atoms with Crippen molar-refractivity contribution in [2.75, 3.05) is 20.3 Å². The molecule has 0 heterocycles.